The maximum Gasteiger partial charge on any atom is 0.261 e. The van der Waals surface area contributed by atoms with Crippen molar-refractivity contribution in [2.24, 2.45) is 0 Å². The van der Waals surface area contributed by atoms with Gasteiger partial charge in [-0.25, -0.2) is 12.8 Å². The molecule has 1 aromatic heterocycles. The van der Waals surface area contributed by atoms with Crippen LogP contribution in [0.3, 0.4) is 0 Å². The number of rotatable bonds is 7. The zero-order chi connectivity index (χ0) is 22.6. The third-order valence-corrected chi connectivity index (χ3v) is 6.12. The van der Waals surface area contributed by atoms with Gasteiger partial charge in [0.2, 0.25) is 0 Å². The summed E-state index contributed by atoms with van der Waals surface area (Å²) in [6, 6.07) is 22.8. The highest BCUT2D eigenvalue weighted by molar-refractivity contribution is 7.92. The highest BCUT2D eigenvalue weighted by atomic mass is 32.2. The van der Waals surface area contributed by atoms with Gasteiger partial charge in [-0.3, -0.25) is 9.52 Å². The lowest BCUT2D eigenvalue weighted by atomic mass is 10.0. The number of amides is 1. The van der Waals surface area contributed by atoms with E-state index in [1.807, 2.05) is 30.3 Å². The van der Waals surface area contributed by atoms with Gasteiger partial charge < -0.3 is 9.73 Å². The van der Waals surface area contributed by atoms with Gasteiger partial charge in [-0.2, -0.15) is 0 Å². The van der Waals surface area contributed by atoms with Gasteiger partial charge in [0.25, 0.3) is 15.9 Å². The number of furan rings is 1. The molecular formula is C24H19FN2O4S. The van der Waals surface area contributed by atoms with Crippen LogP contribution < -0.4 is 10.0 Å². The lowest BCUT2D eigenvalue weighted by Crippen LogP contribution is -2.29. The predicted molar refractivity (Wildman–Crippen MR) is 118 cm³/mol. The van der Waals surface area contributed by atoms with Crippen molar-refractivity contribution >= 4 is 21.6 Å². The van der Waals surface area contributed by atoms with Gasteiger partial charge in [0, 0.05) is 11.3 Å². The predicted octanol–water partition coefficient (Wildman–Crippen LogP) is 4.74. The Labute approximate surface area is 184 Å². The van der Waals surface area contributed by atoms with Crippen molar-refractivity contribution in [2.75, 3.05) is 4.72 Å². The van der Waals surface area contributed by atoms with Crippen molar-refractivity contribution < 1.29 is 22.0 Å². The van der Waals surface area contributed by atoms with Gasteiger partial charge in [-0.15, -0.1) is 0 Å². The molecule has 2 N–H and O–H groups in total. The maximum absolute atomic E-state index is 13.1. The average Bonchev–Trinajstić information content (AvgIpc) is 3.34. The van der Waals surface area contributed by atoms with Crippen LogP contribution >= 0.6 is 0 Å². The highest BCUT2D eigenvalue weighted by Crippen LogP contribution is 2.24. The van der Waals surface area contributed by atoms with Gasteiger partial charge in [-0.1, -0.05) is 36.4 Å². The standard InChI is InChI=1S/C24H19FN2O4S/c25-19-11-13-20(14-12-19)27-32(29,30)21-9-4-8-18(16-21)24(28)26-23(22-10-5-15-31-22)17-6-2-1-3-7-17/h1-16,23,27H,(H,26,28). The second-order valence-corrected chi connectivity index (χ2v) is 8.66. The SMILES string of the molecule is O=C(NC(c1ccccc1)c1ccco1)c1cccc(S(=O)(=O)Nc2ccc(F)cc2)c1. The smallest absolute Gasteiger partial charge is 0.261 e. The van der Waals surface area contributed by atoms with E-state index in [0.717, 1.165) is 17.7 Å². The summed E-state index contributed by atoms with van der Waals surface area (Å²) in [6.45, 7) is 0. The summed E-state index contributed by atoms with van der Waals surface area (Å²) in [5.74, 6) is -0.392. The molecule has 162 valence electrons. The summed E-state index contributed by atoms with van der Waals surface area (Å²) >= 11 is 0. The first kappa shape index (κ1) is 21.3. The molecule has 1 atom stereocenters. The quantitative estimate of drug-likeness (QED) is 0.426. The van der Waals surface area contributed by atoms with Gasteiger partial charge >= 0.3 is 0 Å². The van der Waals surface area contributed by atoms with Crippen LogP contribution in [0.25, 0.3) is 0 Å². The second kappa shape index (κ2) is 9.07. The number of carbonyl (C=O) groups is 1. The molecule has 0 saturated carbocycles. The van der Waals surface area contributed by atoms with Crippen LogP contribution in [-0.4, -0.2) is 14.3 Å². The summed E-state index contributed by atoms with van der Waals surface area (Å²) < 4.78 is 46.4. The van der Waals surface area contributed by atoms with Gasteiger partial charge in [0.1, 0.15) is 17.6 Å². The topological polar surface area (TPSA) is 88.4 Å². The number of anilines is 1. The first-order valence-electron chi connectivity index (χ1n) is 9.70. The number of hydrogen-bond donors (Lipinski definition) is 2. The Bertz CT molecular complexity index is 1310. The van der Waals surface area contributed by atoms with Gasteiger partial charge in [0.05, 0.1) is 11.2 Å². The van der Waals surface area contributed by atoms with Crippen molar-refractivity contribution in [1.82, 2.24) is 5.32 Å². The van der Waals surface area contributed by atoms with Crippen LogP contribution in [-0.2, 0) is 10.0 Å². The second-order valence-electron chi connectivity index (χ2n) is 6.97. The summed E-state index contributed by atoms with van der Waals surface area (Å²) in [5, 5.41) is 2.90. The molecule has 0 aliphatic rings. The van der Waals surface area contributed by atoms with Crippen LogP contribution in [0.5, 0.6) is 0 Å². The first-order valence-corrected chi connectivity index (χ1v) is 11.2. The van der Waals surface area contributed by atoms with Gasteiger partial charge in [-0.05, 0) is 60.2 Å². The van der Waals surface area contributed by atoms with E-state index in [1.54, 1.807) is 12.1 Å². The summed E-state index contributed by atoms with van der Waals surface area (Å²) in [6.07, 6.45) is 1.52. The zero-order valence-electron chi connectivity index (χ0n) is 16.7. The van der Waals surface area contributed by atoms with Crippen LogP contribution in [0.15, 0.2) is 107 Å². The Kier molecular flexibility index (Phi) is 6.04. The van der Waals surface area contributed by atoms with Crippen molar-refractivity contribution in [3.05, 3.63) is 120 Å². The highest BCUT2D eigenvalue weighted by Gasteiger charge is 2.22. The molecule has 0 saturated heterocycles. The van der Waals surface area contributed by atoms with Crippen LogP contribution in [0, 0.1) is 5.82 Å². The molecule has 4 aromatic rings. The molecule has 32 heavy (non-hydrogen) atoms. The van der Waals surface area contributed by atoms with Crippen molar-refractivity contribution in [1.29, 1.82) is 0 Å². The lowest BCUT2D eigenvalue weighted by molar-refractivity contribution is 0.0938. The third-order valence-electron chi connectivity index (χ3n) is 4.74. The minimum absolute atomic E-state index is 0.0938. The zero-order valence-corrected chi connectivity index (χ0v) is 17.6. The molecule has 6 nitrogen and oxygen atoms in total. The van der Waals surface area contributed by atoms with Crippen LogP contribution in [0.1, 0.15) is 27.7 Å². The van der Waals surface area contributed by atoms with E-state index in [-0.39, 0.29) is 16.1 Å². The minimum atomic E-state index is -3.98. The fraction of sp³-hybridized carbons (Fsp3) is 0.0417. The molecule has 0 aliphatic heterocycles. The number of hydrogen-bond acceptors (Lipinski definition) is 4. The molecule has 0 aliphatic carbocycles. The monoisotopic (exact) mass is 450 g/mol. The molecule has 0 radical (unpaired) electrons. The fourth-order valence-corrected chi connectivity index (χ4v) is 4.27. The van der Waals surface area contributed by atoms with Crippen molar-refractivity contribution in [3.8, 4) is 0 Å². The number of nitrogens with one attached hydrogen (secondary N) is 2. The van der Waals surface area contributed by atoms with E-state index in [0.29, 0.717) is 5.76 Å². The largest absolute Gasteiger partial charge is 0.467 e. The number of benzene rings is 3. The number of carbonyl (C=O) groups excluding carboxylic acids is 1. The summed E-state index contributed by atoms with van der Waals surface area (Å²) in [4.78, 5) is 12.9. The summed E-state index contributed by atoms with van der Waals surface area (Å²) in [5.41, 5.74) is 1.19. The van der Waals surface area contributed by atoms with E-state index in [9.17, 15) is 17.6 Å². The molecule has 4 rings (SSSR count). The number of halogens is 1. The first-order chi connectivity index (χ1) is 15.4. The van der Waals surface area contributed by atoms with E-state index in [4.69, 9.17) is 4.42 Å². The van der Waals surface area contributed by atoms with E-state index in [2.05, 4.69) is 10.0 Å². The fourth-order valence-electron chi connectivity index (χ4n) is 3.17. The molecule has 8 heteroatoms. The van der Waals surface area contributed by atoms with E-state index in [1.165, 1.54) is 42.7 Å². The maximum atomic E-state index is 13.1. The van der Waals surface area contributed by atoms with Crippen LogP contribution in [0.4, 0.5) is 10.1 Å². The number of sulfonamides is 1. The minimum Gasteiger partial charge on any atom is -0.467 e. The Hall–Kier alpha value is -3.91. The molecule has 0 spiro atoms. The Morgan fingerprint density at radius 1 is 0.875 bits per heavy atom. The Morgan fingerprint density at radius 3 is 2.31 bits per heavy atom. The van der Waals surface area contributed by atoms with Crippen LogP contribution in [0.2, 0.25) is 0 Å². The van der Waals surface area contributed by atoms with E-state index >= 15 is 0 Å². The molecule has 1 heterocycles. The van der Waals surface area contributed by atoms with Crippen molar-refractivity contribution in [2.45, 2.75) is 10.9 Å². The van der Waals surface area contributed by atoms with E-state index < -0.39 is 27.8 Å². The molecule has 0 fully saturated rings. The lowest BCUT2D eigenvalue weighted by Gasteiger charge is -2.17. The molecule has 3 aromatic carbocycles. The normalized spacial score (nSPS) is 12.2. The molecule has 1 amide bonds. The summed E-state index contributed by atoms with van der Waals surface area (Å²) in [7, 11) is -3.98. The Morgan fingerprint density at radius 2 is 1.62 bits per heavy atom. The Balaban J connectivity index is 1.58. The molecule has 1 unspecified atom stereocenters. The third kappa shape index (κ3) is 4.87. The molecule has 0 bridgehead atoms. The van der Waals surface area contributed by atoms with Gasteiger partial charge in [0.15, 0.2) is 0 Å². The van der Waals surface area contributed by atoms with Crippen molar-refractivity contribution in [3.63, 3.8) is 0 Å². The molecular weight excluding hydrogens is 431 g/mol. The average molecular weight is 450 g/mol.